The summed E-state index contributed by atoms with van der Waals surface area (Å²) in [7, 11) is 1.55. The van der Waals surface area contributed by atoms with Crippen LogP contribution in [0.2, 0.25) is 5.02 Å². The van der Waals surface area contributed by atoms with Crippen LogP contribution in [0.5, 0.6) is 5.75 Å². The van der Waals surface area contributed by atoms with Crippen LogP contribution in [0.3, 0.4) is 0 Å². The summed E-state index contributed by atoms with van der Waals surface area (Å²) >= 11 is 6.12. The number of anilines is 1. The van der Waals surface area contributed by atoms with Crippen molar-refractivity contribution in [3.63, 3.8) is 0 Å². The molecule has 130 valence electrons. The number of para-hydroxylation sites is 2. The normalized spacial score (nSPS) is 10.9. The third-order valence-corrected chi connectivity index (χ3v) is 4.51. The molecule has 0 saturated carbocycles. The molecule has 0 aliphatic carbocycles. The SMILES string of the molecule is CCc1nc2ccccc2n1CC(=O)Nc1cc(C)c(Cl)cc1OC. The smallest absolute Gasteiger partial charge is 0.244 e. The molecule has 0 aliphatic rings. The van der Waals surface area contributed by atoms with Crippen molar-refractivity contribution in [2.45, 2.75) is 26.8 Å². The number of hydrogen-bond donors (Lipinski definition) is 1. The van der Waals surface area contributed by atoms with Crippen LogP contribution < -0.4 is 10.1 Å². The van der Waals surface area contributed by atoms with Crippen LogP contribution >= 0.6 is 11.6 Å². The zero-order valence-electron chi connectivity index (χ0n) is 14.5. The fraction of sp³-hybridized carbons (Fsp3) is 0.263. The van der Waals surface area contributed by atoms with Crippen LogP contribution in [0.4, 0.5) is 5.69 Å². The number of halogens is 1. The van der Waals surface area contributed by atoms with Gasteiger partial charge in [0.2, 0.25) is 5.91 Å². The van der Waals surface area contributed by atoms with E-state index in [0.29, 0.717) is 16.5 Å². The minimum absolute atomic E-state index is 0.141. The van der Waals surface area contributed by atoms with Crippen LogP contribution in [-0.4, -0.2) is 22.6 Å². The molecule has 0 fully saturated rings. The van der Waals surface area contributed by atoms with E-state index in [9.17, 15) is 4.79 Å². The molecule has 0 radical (unpaired) electrons. The Kier molecular flexibility index (Phi) is 4.95. The molecule has 1 N–H and O–H groups in total. The summed E-state index contributed by atoms with van der Waals surface area (Å²) < 4.78 is 7.26. The summed E-state index contributed by atoms with van der Waals surface area (Å²) in [5, 5.41) is 3.51. The fourth-order valence-corrected chi connectivity index (χ4v) is 2.99. The first-order valence-corrected chi connectivity index (χ1v) is 8.49. The summed E-state index contributed by atoms with van der Waals surface area (Å²) in [6, 6.07) is 11.3. The summed E-state index contributed by atoms with van der Waals surface area (Å²) in [6.45, 7) is 4.10. The van der Waals surface area contributed by atoms with Crippen molar-refractivity contribution in [3.05, 3.63) is 52.8 Å². The molecular formula is C19H20ClN3O2. The van der Waals surface area contributed by atoms with Gasteiger partial charge in [0.1, 0.15) is 18.1 Å². The molecule has 1 aromatic heterocycles. The average molecular weight is 358 g/mol. The minimum atomic E-state index is -0.141. The maximum atomic E-state index is 12.6. The number of fused-ring (bicyclic) bond motifs is 1. The molecule has 0 unspecified atom stereocenters. The Bertz CT molecular complexity index is 934. The number of benzene rings is 2. The Labute approximate surface area is 151 Å². The Morgan fingerprint density at radius 1 is 1.32 bits per heavy atom. The van der Waals surface area contributed by atoms with Gasteiger partial charge in [0.15, 0.2) is 0 Å². The van der Waals surface area contributed by atoms with Gasteiger partial charge < -0.3 is 14.6 Å². The highest BCUT2D eigenvalue weighted by molar-refractivity contribution is 6.31. The number of carbonyl (C=O) groups is 1. The number of aromatic nitrogens is 2. The van der Waals surface area contributed by atoms with E-state index in [-0.39, 0.29) is 12.5 Å². The molecule has 2 aromatic carbocycles. The van der Waals surface area contributed by atoms with Crippen LogP contribution in [0.15, 0.2) is 36.4 Å². The lowest BCUT2D eigenvalue weighted by molar-refractivity contribution is -0.116. The number of nitrogens with one attached hydrogen (secondary N) is 1. The summed E-state index contributed by atoms with van der Waals surface area (Å²) in [6.07, 6.45) is 0.755. The molecular weight excluding hydrogens is 338 g/mol. The highest BCUT2D eigenvalue weighted by atomic mass is 35.5. The van der Waals surface area contributed by atoms with E-state index < -0.39 is 0 Å². The van der Waals surface area contributed by atoms with Gasteiger partial charge in [0.25, 0.3) is 0 Å². The van der Waals surface area contributed by atoms with Crippen LogP contribution in [0.25, 0.3) is 11.0 Å². The second-order valence-corrected chi connectivity index (χ2v) is 6.21. The van der Waals surface area contributed by atoms with Crippen LogP contribution in [0, 0.1) is 6.92 Å². The number of methoxy groups -OCH3 is 1. The van der Waals surface area contributed by atoms with Crippen molar-refractivity contribution in [3.8, 4) is 5.75 Å². The van der Waals surface area contributed by atoms with Gasteiger partial charge in [0.05, 0.1) is 23.8 Å². The van der Waals surface area contributed by atoms with E-state index in [1.165, 1.54) is 0 Å². The molecule has 0 atom stereocenters. The molecule has 1 amide bonds. The maximum absolute atomic E-state index is 12.6. The van der Waals surface area contributed by atoms with E-state index in [0.717, 1.165) is 28.8 Å². The number of hydrogen-bond acceptors (Lipinski definition) is 3. The van der Waals surface area contributed by atoms with Crippen molar-refractivity contribution in [1.29, 1.82) is 0 Å². The zero-order chi connectivity index (χ0) is 18.0. The van der Waals surface area contributed by atoms with E-state index in [2.05, 4.69) is 10.3 Å². The average Bonchev–Trinajstić information content (AvgIpc) is 2.95. The quantitative estimate of drug-likeness (QED) is 0.744. The number of aryl methyl sites for hydroxylation is 2. The molecule has 25 heavy (non-hydrogen) atoms. The van der Waals surface area contributed by atoms with Crippen LogP contribution in [0.1, 0.15) is 18.3 Å². The Morgan fingerprint density at radius 3 is 2.80 bits per heavy atom. The first-order valence-electron chi connectivity index (χ1n) is 8.11. The molecule has 0 spiro atoms. The third-order valence-electron chi connectivity index (χ3n) is 4.11. The van der Waals surface area contributed by atoms with Crippen molar-refractivity contribution in [2.75, 3.05) is 12.4 Å². The number of amides is 1. The van der Waals surface area contributed by atoms with Gasteiger partial charge in [-0.2, -0.15) is 0 Å². The number of nitrogens with zero attached hydrogens (tertiary/aromatic N) is 2. The Hall–Kier alpha value is -2.53. The second kappa shape index (κ2) is 7.15. The summed E-state index contributed by atoms with van der Waals surface area (Å²) in [5.41, 5.74) is 3.33. The standard InChI is InChI=1S/C19H20ClN3O2/c1-4-18-21-14-7-5-6-8-16(14)23(18)11-19(24)22-15-9-12(2)13(20)10-17(15)25-3/h5-10H,4,11H2,1-3H3,(H,22,24). The monoisotopic (exact) mass is 357 g/mol. The molecule has 0 saturated heterocycles. The Balaban J connectivity index is 1.88. The van der Waals surface area contributed by atoms with Gasteiger partial charge in [0, 0.05) is 17.5 Å². The molecule has 0 bridgehead atoms. The van der Waals surface area contributed by atoms with Gasteiger partial charge in [-0.15, -0.1) is 0 Å². The number of rotatable bonds is 5. The first kappa shape index (κ1) is 17.3. The van der Waals surface area contributed by atoms with Gasteiger partial charge in [-0.25, -0.2) is 4.98 Å². The zero-order valence-corrected chi connectivity index (χ0v) is 15.2. The van der Waals surface area contributed by atoms with Crippen LogP contribution in [-0.2, 0) is 17.8 Å². The number of ether oxygens (including phenoxy) is 1. The largest absolute Gasteiger partial charge is 0.495 e. The van der Waals surface area contributed by atoms with Crippen molar-refractivity contribution in [2.24, 2.45) is 0 Å². The molecule has 5 nitrogen and oxygen atoms in total. The van der Waals surface area contributed by atoms with E-state index in [4.69, 9.17) is 16.3 Å². The van der Waals surface area contributed by atoms with Gasteiger partial charge in [-0.3, -0.25) is 4.79 Å². The predicted octanol–water partition coefficient (Wildman–Crippen LogP) is 4.21. The molecule has 6 heteroatoms. The maximum Gasteiger partial charge on any atom is 0.244 e. The number of carbonyl (C=O) groups excluding carboxylic acids is 1. The van der Waals surface area contributed by atoms with E-state index >= 15 is 0 Å². The molecule has 0 aliphatic heterocycles. The number of imidazole rings is 1. The highest BCUT2D eigenvalue weighted by Crippen LogP contribution is 2.31. The highest BCUT2D eigenvalue weighted by Gasteiger charge is 2.14. The predicted molar refractivity (Wildman–Crippen MR) is 100 cm³/mol. The summed E-state index contributed by atoms with van der Waals surface area (Å²) in [4.78, 5) is 17.2. The van der Waals surface area contributed by atoms with Crippen molar-refractivity contribution in [1.82, 2.24) is 9.55 Å². The summed E-state index contributed by atoms with van der Waals surface area (Å²) in [5.74, 6) is 1.28. The molecule has 3 aromatic rings. The Morgan fingerprint density at radius 2 is 2.08 bits per heavy atom. The minimum Gasteiger partial charge on any atom is -0.495 e. The lowest BCUT2D eigenvalue weighted by atomic mass is 10.2. The van der Waals surface area contributed by atoms with E-state index in [1.807, 2.05) is 48.7 Å². The first-order chi connectivity index (χ1) is 12.0. The van der Waals surface area contributed by atoms with Gasteiger partial charge in [-0.1, -0.05) is 30.7 Å². The molecule has 1 heterocycles. The lowest BCUT2D eigenvalue weighted by Crippen LogP contribution is -2.20. The van der Waals surface area contributed by atoms with Crippen molar-refractivity contribution < 1.29 is 9.53 Å². The fourth-order valence-electron chi connectivity index (χ4n) is 2.83. The topological polar surface area (TPSA) is 56.2 Å². The van der Waals surface area contributed by atoms with E-state index in [1.54, 1.807) is 13.2 Å². The second-order valence-electron chi connectivity index (χ2n) is 5.81. The third kappa shape index (κ3) is 3.46. The van der Waals surface area contributed by atoms with Gasteiger partial charge >= 0.3 is 0 Å². The van der Waals surface area contributed by atoms with Crippen molar-refractivity contribution >= 4 is 34.2 Å². The van der Waals surface area contributed by atoms with Gasteiger partial charge in [-0.05, 0) is 30.7 Å². The molecule has 3 rings (SSSR count). The lowest BCUT2D eigenvalue weighted by Gasteiger charge is -2.13.